The molecule has 0 aliphatic rings. The zero-order valence-corrected chi connectivity index (χ0v) is 16.3. The summed E-state index contributed by atoms with van der Waals surface area (Å²) in [5, 5.41) is 18.7. The van der Waals surface area contributed by atoms with Crippen LogP contribution in [-0.2, 0) is 6.18 Å². The van der Waals surface area contributed by atoms with Gasteiger partial charge in [0.15, 0.2) is 11.4 Å². The largest absolute Gasteiger partial charge is 0.493 e. The van der Waals surface area contributed by atoms with E-state index in [-0.39, 0.29) is 30.2 Å². The van der Waals surface area contributed by atoms with E-state index in [1.165, 1.54) is 31.6 Å². The van der Waals surface area contributed by atoms with Gasteiger partial charge < -0.3 is 15.4 Å². The Hall–Kier alpha value is -4.07. The van der Waals surface area contributed by atoms with Crippen molar-refractivity contribution in [3.05, 3.63) is 65.6 Å². The van der Waals surface area contributed by atoms with E-state index in [2.05, 4.69) is 20.7 Å². The van der Waals surface area contributed by atoms with Gasteiger partial charge in [-0.1, -0.05) is 6.07 Å². The number of nitrogens with zero attached hydrogens (tertiary/aromatic N) is 4. The standard InChI is InChI=1S/C20H17F3N6O2/c1-31-16-12-29(15-6-2-5-14(10-15)20(21,22)23)28-17(16)19(30)27-9-8-26-18-13(11-24)4-3-7-25-18/h2-7,10,12H,8-9H2,1H3,(H,25,26)(H,27,30). The van der Waals surface area contributed by atoms with Crippen molar-refractivity contribution < 1.29 is 22.7 Å². The summed E-state index contributed by atoms with van der Waals surface area (Å²) < 4.78 is 45.2. The first kappa shape index (κ1) is 21.6. The van der Waals surface area contributed by atoms with Gasteiger partial charge in [-0.15, -0.1) is 0 Å². The number of pyridine rings is 1. The van der Waals surface area contributed by atoms with Crippen molar-refractivity contribution in [1.82, 2.24) is 20.1 Å². The number of nitrogens with one attached hydrogen (secondary N) is 2. The monoisotopic (exact) mass is 430 g/mol. The Balaban J connectivity index is 1.68. The Labute approximate surface area is 175 Å². The second kappa shape index (κ2) is 9.17. The van der Waals surface area contributed by atoms with Crippen LogP contribution in [0.25, 0.3) is 5.69 Å². The normalized spacial score (nSPS) is 10.9. The van der Waals surface area contributed by atoms with Crippen LogP contribution in [0.4, 0.5) is 19.0 Å². The number of anilines is 1. The lowest BCUT2D eigenvalue weighted by Gasteiger charge is -2.08. The lowest BCUT2D eigenvalue weighted by atomic mass is 10.2. The molecule has 0 saturated heterocycles. The number of hydrogen-bond donors (Lipinski definition) is 2. The summed E-state index contributed by atoms with van der Waals surface area (Å²) in [5.41, 5.74) is -0.401. The van der Waals surface area contributed by atoms with Gasteiger partial charge in [0, 0.05) is 19.3 Å². The molecule has 0 spiro atoms. The van der Waals surface area contributed by atoms with Gasteiger partial charge in [-0.3, -0.25) is 4.79 Å². The van der Waals surface area contributed by atoms with Crippen molar-refractivity contribution in [2.45, 2.75) is 6.18 Å². The number of hydrogen-bond acceptors (Lipinski definition) is 6. The summed E-state index contributed by atoms with van der Waals surface area (Å²) in [6.07, 6.45) is -1.64. The fourth-order valence-electron chi connectivity index (χ4n) is 2.70. The first-order valence-electron chi connectivity index (χ1n) is 9.02. The Morgan fingerprint density at radius 2 is 2.06 bits per heavy atom. The van der Waals surface area contributed by atoms with Crippen LogP contribution in [0.5, 0.6) is 5.75 Å². The average molecular weight is 430 g/mol. The number of methoxy groups -OCH3 is 1. The maximum absolute atomic E-state index is 13.0. The number of rotatable bonds is 7. The first-order chi connectivity index (χ1) is 14.8. The fourth-order valence-corrected chi connectivity index (χ4v) is 2.70. The minimum Gasteiger partial charge on any atom is -0.493 e. The average Bonchev–Trinajstić information content (AvgIpc) is 3.21. The summed E-state index contributed by atoms with van der Waals surface area (Å²) in [5.74, 6) is -0.0593. The third-order valence-electron chi connectivity index (χ3n) is 4.18. The molecule has 0 unspecified atom stereocenters. The number of nitriles is 1. The van der Waals surface area contributed by atoms with Gasteiger partial charge in [0.05, 0.1) is 30.1 Å². The number of ether oxygens (including phenoxy) is 1. The van der Waals surface area contributed by atoms with E-state index < -0.39 is 17.6 Å². The van der Waals surface area contributed by atoms with E-state index in [0.717, 1.165) is 16.8 Å². The molecule has 8 nitrogen and oxygen atoms in total. The highest BCUT2D eigenvalue weighted by atomic mass is 19.4. The van der Waals surface area contributed by atoms with Crippen LogP contribution in [0.3, 0.4) is 0 Å². The molecule has 1 amide bonds. The molecule has 0 saturated carbocycles. The molecule has 3 aromatic rings. The van der Waals surface area contributed by atoms with Gasteiger partial charge in [-0.2, -0.15) is 23.5 Å². The number of carbonyl (C=O) groups excluding carboxylic acids is 1. The van der Waals surface area contributed by atoms with Crippen LogP contribution in [0.2, 0.25) is 0 Å². The lowest BCUT2D eigenvalue weighted by molar-refractivity contribution is -0.137. The SMILES string of the molecule is COc1cn(-c2cccc(C(F)(F)F)c2)nc1C(=O)NCCNc1ncccc1C#N. The zero-order chi connectivity index (χ0) is 22.4. The highest BCUT2D eigenvalue weighted by Crippen LogP contribution is 2.30. The number of carbonyl (C=O) groups is 1. The quantitative estimate of drug-likeness (QED) is 0.559. The number of halogens is 3. The Morgan fingerprint density at radius 1 is 1.26 bits per heavy atom. The van der Waals surface area contributed by atoms with Crippen LogP contribution < -0.4 is 15.4 Å². The summed E-state index contributed by atoms with van der Waals surface area (Å²) in [6, 6.07) is 9.82. The molecule has 1 aromatic carbocycles. The van der Waals surface area contributed by atoms with E-state index in [9.17, 15) is 18.0 Å². The van der Waals surface area contributed by atoms with Crippen molar-refractivity contribution >= 4 is 11.7 Å². The molecule has 31 heavy (non-hydrogen) atoms. The summed E-state index contributed by atoms with van der Waals surface area (Å²) in [4.78, 5) is 16.5. The molecule has 0 bridgehead atoms. The van der Waals surface area contributed by atoms with Crippen LogP contribution >= 0.6 is 0 Å². The number of alkyl halides is 3. The van der Waals surface area contributed by atoms with Crippen molar-refractivity contribution in [2.24, 2.45) is 0 Å². The molecule has 2 N–H and O–H groups in total. The van der Waals surface area contributed by atoms with Crippen molar-refractivity contribution in [3.63, 3.8) is 0 Å². The van der Waals surface area contributed by atoms with E-state index in [0.29, 0.717) is 11.4 Å². The minimum absolute atomic E-state index is 0.0736. The molecule has 160 valence electrons. The van der Waals surface area contributed by atoms with Gasteiger partial charge >= 0.3 is 6.18 Å². The fraction of sp³-hybridized carbons (Fsp3) is 0.200. The maximum Gasteiger partial charge on any atom is 0.416 e. The first-order valence-corrected chi connectivity index (χ1v) is 9.02. The molecule has 0 fully saturated rings. The van der Waals surface area contributed by atoms with Crippen LogP contribution in [-0.4, -0.2) is 40.9 Å². The molecule has 0 atom stereocenters. The smallest absolute Gasteiger partial charge is 0.416 e. The molecule has 0 aliphatic heterocycles. The molecule has 0 radical (unpaired) electrons. The van der Waals surface area contributed by atoms with Crippen LogP contribution in [0.1, 0.15) is 21.6 Å². The number of amides is 1. The van der Waals surface area contributed by atoms with E-state index in [1.54, 1.807) is 12.1 Å². The van der Waals surface area contributed by atoms with E-state index >= 15 is 0 Å². The predicted molar refractivity (Wildman–Crippen MR) is 105 cm³/mol. The van der Waals surface area contributed by atoms with Gasteiger partial charge in [0.1, 0.15) is 11.9 Å². The molecule has 3 rings (SSSR count). The van der Waals surface area contributed by atoms with E-state index in [1.807, 2.05) is 6.07 Å². The molecular formula is C20H17F3N6O2. The Bertz CT molecular complexity index is 1120. The molecular weight excluding hydrogens is 413 g/mol. The van der Waals surface area contributed by atoms with Crippen molar-refractivity contribution in [2.75, 3.05) is 25.5 Å². The Morgan fingerprint density at radius 3 is 2.77 bits per heavy atom. The minimum atomic E-state index is -4.50. The third kappa shape index (κ3) is 5.11. The summed E-state index contributed by atoms with van der Waals surface area (Å²) >= 11 is 0. The summed E-state index contributed by atoms with van der Waals surface area (Å²) in [6.45, 7) is 0.466. The van der Waals surface area contributed by atoms with Gasteiger partial charge in [-0.05, 0) is 30.3 Å². The van der Waals surface area contributed by atoms with Crippen molar-refractivity contribution in [3.8, 4) is 17.5 Å². The van der Waals surface area contributed by atoms with Gasteiger partial charge in [0.2, 0.25) is 0 Å². The Kier molecular flexibility index (Phi) is 6.40. The maximum atomic E-state index is 13.0. The van der Waals surface area contributed by atoms with E-state index in [4.69, 9.17) is 10.00 Å². The molecule has 11 heteroatoms. The van der Waals surface area contributed by atoms with Crippen LogP contribution in [0.15, 0.2) is 48.8 Å². The molecule has 2 heterocycles. The second-order valence-corrected chi connectivity index (χ2v) is 6.23. The second-order valence-electron chi connectivity index (χ2n) is 6.23. The number of aromatic nitrogens is 3. The number of benzene rings is 1. The topological polar surface area (TPSA) is 105 Å². The summed E-state index contributed by atoms with van der Waals surface area (Å²) in [7, 11) is 1.33. The zero-order valence-electron chi connectivity index (χ0n) is 16.3. The van der Waals surface area contributed by atoms with Crippen molar-refractivity contribution in [1.29, 1.82) is 5.26 Å². The lowest BCUT2D eigenvalue weighted by Crippen LogP contribution is -2.29. The molecule has 0 aliphatic carbocycles. The van der Waals surface area contributed by atoms with Gasteiger partial charge in [-0.25, -0.2) is 9.67 Å². The highest BCUT2D eigenvalue weighted by molar-refractivity contribution is 5.95. The predicted octanol–water partition coefficient (Wildman–Crippen LogP) is 3.01. The van der Waals surface area contributed by atoms with Gasteiger partial charge in [0.25, 0.3) is 5.91 Å². The molecule has 2 aromatic heterocycles. The third-order valence-corrected chi connectivity index (χ3v) is 4.18. The highest BCUT2D eigenvalue weighted by Gasteiger charge is 2.30. The van der Waals surface area contributed by atoms with Crippen LogP contribution in [0, 0.1) is 11.3 Å².